The lowest BCUT2D eigenvalue weighted by atomic mass is 10.1. The highest BCUT2D eigenvalue weighted by molar-refractivity contribution is 5.86. The molecule has 50 heavy (non-hydrogen) atoms. The first kappa shape index (κ1) is 57.7. The summed E-state index contributed by atoms with van der Waals surface area (Å²) in [6.07, 6.45) is 16.8. The van der Waals surface area contributed by atoms with Crippen LogP contribution in [0.2, 0.25) is 0 Å². The first-order valence-corrected chi connectivity index (χ1v) is 17.3. The second kappa shape index (κ2) is 40.1. The van der Waals surface area contributed by atoms with Crippen molar-refractivity contribution in [3.05, 3.63) is 24.3 Å². The molecular weight excluding hydrogens is 730 g/mol. The van der Waals surface area contributed by atoms with Gasteiger partial charge in [0, 0.05) is 26.2 Å². The number of nitrogens with two attached hydrogens (primary N) is 4. The number of hydrogen-bond donors (Lipinski definition) is 4. The molecule has 0 aromatic rings. The topological polar surface area (TPSA) is 197 Å². The zero-order valence-corrected chi connectivity index (χ0v) is 33.6. The van der Waals surface area contributed by atoms with Crippen LogP contribution in [-0.4, -0.2) is 98.1 Å². The summed E-state index contributed by atoms with van der Waals surface area (Å²) in [4.78, 5) is 54.2. The fourth-order valence-electron chi connectivity index (χ4n) is 4.60. The molecule has 0 aromatic carbocycles. The molecule has 2 amide bonds. The average Bonchev–Trinajstić information content (AvgIpc) is 3.05. The molecular formula is C34H68Cl4N6O6. The van der Waals surface area contributed by atoms with Crippen molar-refractivity contribution in [1.82, 2.24) is 9.80 Å². The van der Waals surface area contributed by atoms with Crippen molar-refractivity contribution >= 4 is 73.4 Å². The number of rotatable bonds is 29. The lowest BCUT2D eigenvalue weighted by Gasteiger charge is -2.28. The molecule has 0 spiro atoms. The quantitative estimate of drug-likeness (QED) is 0.0472. The van der Waals surface area contributed by atoms with Crippen LogP contribution in [0.3, 0.4) is 0 Å². The second-order valence-corrected chi connectivity index (χ2v) is 11.4. The number of esters is 2. The van der Waals surface area contributed by atoms with E-state index in [4.69, 9.17) is 32.4 Å². The van der Waals surface area contributed by atoms with E-state index in [9.17, 15) is 19.2 Å². The smallest absolute Gasteiger partial charge is 0.307 e. The van der Waals surface area contributed by atoms with E-state index < -0.39 is 12.1 Å². The number of amides is 2. The van der Waals surface area contributed by atoms with Gasteiger partial charge < -0.3 is 42.2 Å². The van der Waals surface area contributed by atoms with Crippen LogP contribution in [0.15, 0.2) is 24.3 Å². The van der Waals surface area contributed by atoms with Gasteiger partial charge in [0.2, 0.25) is 11.8 Å². The Morgan fingerprint density at radius 2 is 0.920 bits per heavy atom. The molecule has 12 nitrogen and oxygen atoms in total. The van der Waals surface area contributed by atoms with Gasteiger partial charge in [-0.1, -0.05) is 38.2 Å². The van der Waals surface area contributed by atoms with Crippen molar-refractivity contribution in [2.75, 3.05) is 52.5 Å². The number of carbonyl (C=O) groups is 4. The van der Waals surface area contributed by atoms with E-state index in [2.05, 4.69) is 38.2 Å². The van der Waals surface area contributed by atoms with E-state index in [0.717, 1.165) is 38.5 Å². The highest BCUT2D eigenvalue weighted by atomic mass is 35.5. The standard InChI is InChI=1S/C34H64N6O6.4ClH/c1-3-5-7-9-13-27-45-31(41)19-25-39(33(43)29(37)17-15-21-35)23-11-12-24-40(34(44)30(38)18-16-22-36)26-20-32(42)46-28-14-10-8-6-4-2;;;;/h5-8,29-30H,3-4,9-28,35-38H2,1-2H3;4*1H/b7-5-,8-6-;;;;/t29-,30-;;;;/m0..../s1. The molecule has 0 aliphatic carbocycles. The van der Waals surface area contributed by atoms with Crippen molar-refractivity contribution in [2.45, 2.75) is 116 Å². The molecule has 0 saturated heterocycles. The van der Waals surface area contributed by atoms with E-state index in [1.165, 1.54) is 0 Å². The minimum atomic E-state index is -0.711. The zero-order valence-electron chi connectivity index (χ0n) is 30.3. The molecule has 0 aliphatic rings. The Bertz CT molecular complexity index is 834. The summed E-state index contributed by atoms with van der Waals surface area (Å²) in [6, 6.07) is -1.42. The molecule has 0 saturated carbocycles. The highest BCUT2D eigenvalue weighted by Crippen LogP contribution is 2.09. The Balaban J connectivity index is -0.00000169. The molecule has 8 N–H and O–H groups in total. The maximum absolute atomic E-state index is 13.1. The third-order valence-electron chi connectivity index (χ3n) is 7.34. The predicted octanol–water partition coefficient (Wildman–Crippen LogP) is 4.60. The molecule has 2 atom stereocenters. The van der Waals surface area contributed by atoms with Crippen molar-refractivity contribution < 1.29 is 28.7 Å². The van der Waals surface area contributed by atoms with Gasteiger partial charge in [-0.2, -0.15) is 0 Å². The van der Waals surface area contributed by atoms with Gasteiger partial charge in [0.05, 0.1) is 38.1 Å². The first-order chi connectivity index (χ1) is 22.2. The number of nitrogens with zero attached hydrogens (tertiary/aromatic N) is 2. The molecule has 0 aliphatic heterocycles. The fourth-order valence-corrected chi connectivity index (χ4v) is 4.60. The van der Waals surface area contributed by atoms with Crippen LogP contribution < -0.4 is 22.9 Å². The number of unbranched alkanes of at least 4 members (excludes halogenated alkanes) is 3. The predicted molar refractivity (Wildman–Crippen MR) is 212 cm³/mol. The first-order valence-electron chi connectivity index (χ1n) is 17.3. The van der Waals surface area contributed by atoms with Crippen molar-refractivity contribution in [2.24, 2.45) is 22.9 Å². The monoisotopic (exact) mass is 796 g/mol. The van der Waals surface area contributed by atoms with E-state index in [-0.39, 0.29) is 99.3 Å². The van der Waals surface area contributed by atoms with Crippen molar-refractivity contribution in [3.63, 3.8) is 0 Å². The van der Waals surface area contributed by atoms with E-state index in [1.807, 2.05) is 0 Å². The number of halogens is 4. The zero-order chi connectivity index (χ0) is 34.4. The van der Waals surface area contributed by atoms with Gasteiger partial charge in [-0.05, 0) is 90.1 Å². The molecule has 0 rings (SSSR count). The largest absolute Gasteiger partial charge is 0.466 e. The fraction of sp³-hybridized carbons (Fsp3) is 0.765. The van der Waals surface area contributed by atoms with Crippen LogP contribution in [0, 0.1) is 0 Å². The van der Waals surface area contributed by atoms with Gasteiger partial charge in [0.15, 0.2) is 0 Å². The lowest BCUT2D eigenvalue weighted by molar-refractivity contribution is -0.146. The van der Waals surface area contributed by atoms with Gasteiger partial charge in [0.25, 0.3) is 0 Å². The molecule has 16 heteroatoms. The van der Waals surface area contributed by atoms with Gasteiger partial charge in [0.1, 0.15) is 0 Å². The van der Waals surface area contributed by atoms with Gasteiger partial charge in [-0.3, -0.25) is 19.2 Å². The Morgan fingerprint density at radius 1 is 0.560 bits per heavy atom. The minimum Gasteiger partial charge on any atom is -0.466 e. The average molecular weight is 799 g/mol. The Labute approximate surface area is 326 Å². The lowest BCUT2D eigenvalue weighted by Crippen LogP contribution is -2.46. The number of hydrogen-bond acceptors (Lipinski definition) is 10. The number of allylic oxidation sites excluding steroid dienone is 4. The second-order valence-electron chi connectivity index (χ2n) is 11.4. The minimum absolute atomic E-state index is 0. The Hall–Kier alpha value is -1.64. The molecule has 0 unspecified atom stereocenters. The third-order valence-corrected chi connectivity index (χ3v) is 7.34. The summed E-state index contributed by atoms with van der Waals surface area (Å²) < 4.78 is 10.7. The summed E-state index contributed by atoms with van der Waals surface area (Å²) in [7, 11) is 0. The van der Waals surface area contributed by atoms with Gasteiger partial charge in [-0.15, -0.1) is 49.6 Å². The Morgan fingerprint density at radius 3 is 1.24 bits per heavy atom. The third kappa shape index (κ3) is 31.1. The van der Waals surface area contributed by atoms with Crippen LogP contribution in [0.25, 0.3) is 0 Å². The summed E-state index contributed by atoms with van der Waals surface area (Å²) in [5.41, 5.74) is 23.5. The molecule has 0 aromatic heterocycles. The van der Waals surface area contributed by atoms with Crippen LogP contribution in [0.4, 0.5) is 0 Å². The van der Waals surface area contributed by atoms with Crippen LogP contribution >= 0.6 is 49.6 Å². The van der Waals surface area contributed by atoms with Crippen molar-refractivity contribution in [1.29, 1.82) is 0 Å². The van der Waals surface area contributed by atoms with E-state index in [0.29, 0.717) is 77.9 Å². The van der Waals surface area contributed by atoms with Crippen LogP contribution in [0.5, 0.6) is 0 Å². The molecule has 0 bridgehead atoms. The molecule has 0 fully saturated rings. The summed E-state index contributed by atoms with van der Waals surface area (Å²) in [6.45, 7) is 6.76. The number of carbonyl (C=O) groups excluding carboxylic acids is 4. The summed E-state index contributed by atoms with van der Waals surface area (Å²) >= 11 is 0. The van der Waals surface area contributed by atoms with Gasteiger partial charge >= 0.3 is 11.9 Å². The Kier molecular flexibility index (Phi) is 46.3. The molecule has 298 valence electrons. The van der Waals surface area contributed by atoms with Crippen molar-refractivity contribution in [3.8, 4) is 0 Å². The number of ether oxygens (including phenoxy) is 2. The normalized spacial score (nSPS) is 11.7. The van der Waals surface area contributed by atoms with E-state index >= 15 is 0 Å². The highest BCUT2D eigenvalue weighted by Gasteiger charge is 2.24. The maximum Gasteiger partial charge on any atom is 0.307 e. The van der Waals surface area contributed by atoms with Gasteiger partial charge in [-0.25, -0.2) is 0 Å². The van der Waals surface area contributed by atoms with Crippen LogP contribution in [-0.2, 0) is 28.7 Å². The summed E-state index contributed by atoms with van der Waals surface area (Å²) in [5, 5.41) is 0. The molecule has 0 radical (unpaired) electrons. The van der Waals surface area contributed by atoms with Crippen LogP contribution in [0.1, 0.15) is 104 Å². The maximum atomic E-state index is 13.1. The molecule has 0 heterocycles. The summed E-state index contributed by atoms with van der Waals surface area (Å²) in [5.74, 6) is -1.20. The SMILES string of the molecule is CC/C=C\CCCOC(=O)CCN(CCCCN(CCC(=O)OCCC/C=C\CC)C(=O)[C@@H](N)CCCN)C(=O)[C@@H](N)CCCN.Cl.Cl.Cl.Cl. The van der Waals surface area contributed by atoms with E-state index in [1.54, 1.807) is 9.80 Å².